The molecular weight excluding hydrogens is 209 g/mol. The first-order valence-electron chi connectivity index (χ1n) is 3.67. The molecule has 0 aromatic heterocycles. The van der Waals surface area contributed by atoms with E-state index in [1.807, 2.05) is 0 Å². The Morgan fingerprint density at radius 3 is 2.77 bits per heavy atom. The van der Waals surface area contributed by atoms with Crippen molar-refractivity contribution >= 4 is 29.1 Å². The Morgan fingerprint density at radius 2 is 2.15 bits per heavy atom. The fraction of sp³-hybridized carbons (Fsp3) is 0.111. The molecular formula is C9H8Cl2NO. The second kappa shape index (κ2) is 4.49. The molecule has 0 spiro atoms. The lowest BCUT2D eigenvalue weighted by Crippen LogP contribution is -2.23. The van der Waals surface area contributed by atoms with E-state index in [1.54, 1.807) is 12.1 Å². The lowest BCUT2D eigenvalue weighted by atomic mass is 10.2. The molecule has 1 aromatic carbocycles. The summed E-state index contributed by atoms with van der Waals surface area (Å²) in [5.41, 5.74) is 0.373. The highest BCUT2D eigenvalue weighted by Crippen LogP contribution is 2.20. The van der Waals surface area contributed by atoms with Crippen molar-refractivity contribution in [3.05, 3.63) is 40.7 Å². The SMILES string of the molecule is [CH2]CNC(=O)c1cc(Cl)ccc1Cl. The van der Waals surface area contributed by atoms with Crippen LogP contribution in [0.1, 0.15) is 10.4 Å². The third kappa shape index (κ3) is 2.61. The molecule has 1 amide bonds. The van der Waals surface area contributed by atoms with Crippen LogP contribution in [-0.4, -0.2) is 12.5 Å². The van der Waals surface area contributed by atoms with Gasteiger partial charge in [-0.05, 0) is 25.1 Å². The lowest BCUT2D eigenvalue weighted by Gasteiger charge is -2.04. The number of hydrogen-bond donors (Lipinski definition) is 1. The van der Waals surface area contributed by atoms with Crippen LogP contribution in [0.3, 0.4) is 0 Å². The maximum Gasteiger partial charge on any atom is 0.252 e. The molecule has 0 aliphatic rings. The Labute approximate surface area is 86.8 Å². The molecule has 1 aromatic rings. The van der Waals surface area contributed by atoms with E-state index in [2.05, 4.69) is 12.2 Å². The van der Waals surface area contributed by atoms with Crippen molar-refractivity contribution in [2.24, 2.45) is 0 Å². The molecule has 0 aliphatic carbocycles. The first kappa shape index (κ1) is 10.4. The molecule has 0 bridgehead atoms. The topological polar surface area (TPSA) is 29.1 Å². The van der Waals surface area contributed by atoms with Crippen molar-refractivity contribution in [3.8, 4) is 0 Å². The summed E-state index contributed by atoms with van der Waals surface area (Å²) in [5, 5.41) is 3.41. The van der Waals surface area contributed by atoms with Gasteiger partial charge in [0.15, 0.2) is 0 Å². The summed E-state index contributed by atoms with van der Waals surface area (Å²) in [5.74, 6) is -0.262. The minimum Gasteiger partial charge on any atom is -0.352 e. The maximum atomic E-state index is 11.3. The van der Waals surface area contributed by atoms with E-state index in [-0.39, 0.29) is 5.91 Å². The van der Waals surface area contributed by atoms with Gasteiger partial charge in [-0.2, -0.15) is 0 Å². The van der Waals surface area contributed by atoms with Crippen LogP contribution in [0.4, 0.5) is 0 Å². The average molecular weight is 217 g/mol. The van der Waals surface area contributed by atoms with Crippen LogP contribution in [0.25, 0.3) is 0 Å². The molecule has 0 atom stereocenters. The molecule has 0 saturated heterocycles. The number of carbonyl (C=O) groups excluding carboxylic acids is 1. The smallest absolute Gasteiger partial charge is 0.252 e. The van der Waals surface area contributed by atoms with E-state index >= 15 is 0 Å². The molecule has 0 heterocycles. The lowest BCUT2D eigenvalue weighted by molar-refractivity contribution is 0.0958. The average Bonchev–Trinajstić information content (AvgIpc) is 2.09. The number of rotatable bonds is 2. The highest BCUT2D eigenvalue weighted by atomic mass is 35.5. The zero-order chi connectivity index (χ0) is 9.84. The second-order valence-electron chi connectivity index (χ2n) is 2.38. The number of hydrogen-bond acceptors (Lipinski definition) is 1. The minimum absolute atomic E-state index is 0.262. The van der Waals surface area contributed by atoms with Gasteiger partial charge < -0.3 is 5.32 Å². The van der Waals surface area contributed by atoms with Gasteiger partial charge in [0.1, 0.15) is 0 Å². The molecule has 4 heteroatoms. The number of benzene rings is 1. The first-order chi connectivity index (χ1) is 6.15. The van der Waals surface area contributed by atoms with Gasteiger partial charge in [0.25, 0.3) is 5.91 Å². The third-order valence-electron chi connectivity index (χ3n) is 1.46. The molecule has 0 unspecified atom stereocenters. The highest BCUT2D eigenvalue weighted by molar-refractivity contribution is 6.35. The normalized spacial score (nSPS) is 9.77. The summed E-state index contributed by atoms with van der Waals surface area (Å²) < 4.78 is 0. The number of carbonyl (C=O) groups is 1. The Balaban J connectivity index is 2.99. The van der Waals surface area contributed by atoms with Crippen molar-refractivity contribution in [1.29, 1.82) is 0 Å². The maximum absolute atomic E-state index is 11.3. The summed E-state index contributed by atoms with van der Waals surface area (Å²) in [7, 11) is 0. The predicted molar refractivity (Wildman–Crippen MR) is 54.2 cm³/mol. The van der Waals surface area contributed by atoms with Gasteiger partial charge in [0.05, 0.1) is 10.6 Å². The summed E-state index contributed by atoms with van der Waals surface area (Å²) in [6.07, 6.45) is 0. The van der Waals surface area contributed by atoms with Crippen molar-refractivity contribution in [3.63, 3.8) is 0 Å². The van der Waals surface area contributed by atoms with Gasteiger partial charge in [0, 0.05) is 11.6 Å². The largest absolute Gasteiger partial charge is 0.352 e. The zero-order valence-corrected chi connectivity index (χ0v) is 8.32. The van der Waals surface area contributed by atoms with E-state index in [0.29, 0.717) is 22.2 Å². The summed E-state index contributed by atoms with van der Waals surface area (Å²) in [6.45, 7) is 3.82. The van der Waals surface area contributed by atoms with E-state index < -0.39 is 0 Å². The van der Waals surface area contributed by atoms with Crippen LogP contribution in [0.2, 0.25) is 10.0 Å². The van der Waals surface area contributed by atoms with Gasteiger partial charge in [0.2, 0.25) is 0 Å². The zero-order valence-electron chi connectivity index (χ0n) is 6.81. The van der Waals surface area contributed by atoms with Crippen LogP contribution >= 0.6 is 23.2 Å². The summed E-state index contributed by atoms with van der Waals surface area (Å²) in [6, 6.07) is 4.74. The quantitative estimate of drug-likeness (QED) is 0.810. The summed E-state index contributed by atoms with van der Waals surface area (Å²) in [4.78, 5) is 11.3. The monoisotopic (exact) mass is 216 g/mol. The molecule has 1 N–H and O–H groups in total. The van der Waals surface area contributed by atoms with Crippen LogP contribution in [0.5, 0.6) is 0 Å². The number of halogens is 2. The van der Waals surface area contributed by atoms with Gasteiger partial charge in [-0.25, -0.2) is 0 Å². The van der Waals surface area contributed by atoms with Crippen LogP contribution in [-0.2, 0) is 0 Å². The Morgan fingerprint density at radius 1 is 1.46 bits per heavy atom. The van der Waals surface area contributed by atoms with Gasteiger partial charge >= 0.3 is 0 Å². The molecule has 69 valence electrons. The number of nitrogens with one attached hydrogen (secondary N) is 1. The van der Waals surface area contributed by atoms with Crippen molar-refractivity contribution in [2.75, 3.05) is 6.54 Å². The molecule has 1 rings (SSSR count). The predicted octanol–water partition coefficient (Wildman–Crippen LogP) is 2.56. The van der Waals surface area contributed by atoms with Gasteiger partial charge in [-0.3, -0.25) is 4.79 Å². The fourth-order valence-electron chi connectivity index (χ4n) is 0.880. The van der Waals surface area contributed by atoms with Crippen LogP contribution < -0.4 is 5.32 Å². The molecule has 2 nitrogen and oxygen atoms in total. The molecule has 0 saturated carbocycles. The molecule has 13 heavy (non-hydrogen) atoms. The standard InChI is InChI=1S/C9H8Cl2NO/c1-2-12-9(13)7-5-6(10)3-4-8(7)11/h3-5H,1-2H2,(H,12,13). The molecule has 1 radical (unpaired) electrons. The Bertz CT molecular complexity index is 325. The Hall–Kier alpha value is -0.730. The summed E-state index contributed by atoms with van der Waals surface area (Å²) >= 11 is 11.5. The van der Waals surface area contributed by atoms with Crippen molar-refractivity contribution < 1.29 is 4.79 Å². The minimum atomic E-state index is -0.262. The fourth-order valence-corrected chi connectivity index (χ4v) is 1.26. The molecule has 0 aliphatic heterocycles. The Kier molecular flexibility index (Phi) is 3.58. The van der Waals surface area contributed by atoms with Gasteiger partial charge in [-0.15, -0.1) is 0 Å². The third-order valence-corrected chi connectivity index (χ3v) is 2.02. The highest BCUT2D eigenvalue weighted by Gasteiger charge is 2.08. The van der Waals surface area contributed by atoms with Crippen LogP contribution in [0.15, 0.2) is 18.2 Å². The second-order valence-corrected chi connectivity index (χ2v) is 3.22. The molecule has 0 fully saturated rings. The van der Waals surface area contributed by atoms with E-state index in [1.165, 1.54) is 6.07 Å². The van der Waals surface area contributed by atoms with Gasteiger partial charge in [-0.1, -0.05) is 23.2 Å². The van der Waals surface area contributed by atoms with E-state index in [4.69, 9.17) is 23.2 Å². The number of amides is 1. The van der Waals surface area contributed by atoms with Crippen LogP contribution in [0, 0.1) is 6.92 Å². The first-order valence-corrected chi connectivity index (χ1v) is 4.43. The van der Waals surface area contributed by atoms with Crippen molar-refractivity contribution in [1.82, 2.24) is 5.32 Å². The van der Waals surface area contributed by atoms with E-state index in [0.717, 1.165) is 0 Å². The van der Waals surface area contributed by atoms with E-state index in [9.17, 15) is 4.79 Å². The van der Waals surface area contributed by atoms with Crippen molar-refractivity contribution in [2.45, 2.75) is 0 Å².